The molecule has 7 nitrogen and oxygen atoms in total. The van der Waals surface area contributed by atoms with Gasteiger partial charge in [0.2, 0.25) is 0 Å². The number of aromatic amines is 1. The standard InChI is InChI=1S/C25H27N3O4/c1-17-13-19(9-10-23(17)29)22-15-21(26-25(31)27-22)18-7-6-8-20(14-18)32-16-24(30)28-11-4-2-3-5-12-28/h6-10,13-15,29H,2-5,11-12,16H2,1H3,(H,26,27,31). The third-order valence-electron chi connectivity index (χ3n) is 5.70. The van der Waals surface area contributed by atoms with Gasteiger partial charge in [0.05, 0.1) is 11.4 Å². The fourth-order valence-electron chi connectivity index (χ4n) is 3.89. The van der Waals surface area contributed by atoms with Crippen LogP contribution in [0, 0.1) is 6.92 Å². The van der Waals surface area contributed by atoms with E-state index in [1.165, 1.54) is 12.8 Å². The number of aromatic nitrogens is 2. The van der Waals surface area contributed by atoms with Crippen LogP contribution < -0.4 is 10.4 Å². The summed E-state index contributed by atoms with van der Waals surface area (Å²) in [6, 6.07) is 14.2. The van der Waals surface area contributed by atoms with Gasteiger partial charge in [0.1, 0.15) is 11.5 Å². The third-order valence-corrected chi connectivity index (χ3v) is 5.70. The first-order valence-corrected chi connectivity index (χ1v) is 10.9. The molecule has 2 aromatic carbocycles. The number of likely N-dealkylation sites (tertiary alicyclic amines) is 1. The molecule has 1 aromatic heterocycles. The number of rotatable bonds is 5. The molecule has 4 rings (SSSR count). The molecule has 3 aromatic rings. The zero-order chi connectivity index (χ0) is 22.5. The van der Waals surface area contributed by atoms with Crippen LogP contribution in [0.4, 0.5) is 0 Å². The Labute approximate surface area is 186 Å². The molecular formula is C25H27N3O4. The highest BCUT2D eigenvalue weighted by molar-refractivity contribution is 5.78. The molecule has 0 spiro atoms. The summed E-state index contributed by atoms with van der Waals surface area (Å²) in [5, 5.41) is 9.77. The number of hydrogen-bond acceptors (Lipinski definition) is 5. The van der Waals surface area contributed by atoms with Gasteiger partial charge in [0.15, 0.2) is 6.61 Å². The number of amides is 1. The summed E-state index contributed by atoms with van der Waals surface area (Å²) in [7, 11) is 0. The zero-order valence-corrected chi connectivity index (χ0v) is 18.1. The van der Waals surface area contributed by atoms with Crippen LogP contribution in [0.5, 0.6) is 11.5 Å². The molecule has 0 aliphatic carbocycles. The molecule has 1 aliphatic rings. The lowest BCUT2D eigenvalue weighted by Gasteiger charge is -2.20. The van der Waals surface area contributed by atoms with Gasteiger partial charge in [-0.25, -0.2) is 4.79 Å². The maximum atomic E-state index is 12.5. The molecular weight excluding hydrogens is 406 g/mol. The highest BCUT2D eigenvalue weighted by Gasteiger charge is 2.16. The summed E-state index contributed by atoms with van der Waals surface area (Å²) >= 11 is 0. The van der Waals surface area contributed by atoms with Crippen LogP contribution in [0.1, 0.15) is 31.2 Å². The lowest BCUT2D eigenvalue weighted by Crippen LogP contribution is -2.35. The van der Waals surface area contributed by atoms with Crippen LogP contribution in [-0.2, 0) is 4.79 Å². The second kappa shape index (κ2) is 9.68. The average molecular weight is 434 g/mol. The molecule has 0 radical (unpaired) electrons. The van der Waals surface area contributed by atoms with E-state index in [1.54, 1.807) is 43.3 Å². The summed E-state index contributed by atoms with van der Waals surface area (Å²) < 4.78 is 5.77. The molecule has 2 N–H and O–H groups in total. The SMILES string of the molecule is Cc1cc(-c2cc(-c3cccc(OCC(=O)N4CCCCCC4)c3)[nH]c(=O)n2)ccc1O. The van der Waals surface area contributed by atoms with Crippen LogP contribution in [0.3, 0.4) is 0 Å². The van der Waals surface area contributed by atoms with Crippen LogP contribution in [-0.4, -0.2) is 45.6 Å². The summed E-state index contributed by atoms with van der Waals surface area (Å²) in [4.78, 5) is 33.4. The number of nitrogens with one attached hydrogen (secondary N) is 1. The minimum atomic E-state index is -0.467. The van der Waals surface area contributed by atoms with Gasteiger partial charge in [-0.2, -0.15) is 4.98 Å². The highest BCUT2D eigenvalue weighted by atomic mass is 16.5. The number of aromatic hydroxyl groups is 1. The van der Waals surface area contributed by atoms with Crippen molar-refractivity contribution in [3.05, 3.63) is 64.6 Å². The van der Waals surface area contributed by atoms with Crippen molar-refractivity contribution in [2.75, 3.05) is 19.7 Å². The number of H-pyrrole nitrogens is 1. The van der Waals surface area contributed by atoms with Crippen LogP contribution in [0.25, 0.3) is 22.5 Å². The maximum absolute atomic E-state index is 12.5. The van der Waals surface area contributed by atoms with Crippen molar-refractivity contribution in [2.24, 2.45) is 0 Å². The Morgan fingerprint density at radius 3 is 2.59 bits per heavy atom. The van der Waals surface area contributed by atoms with Crippen molar-refractivity contribution in [1.82, 2.24) is 14.9 Å². The third kappa shape index (κ3) is 5.17. The fourth-order valence-corrected chi connectivity index (χ4v) is 3.89. The van der Waals surface area contributed by atoms with Crippen molar-refractivity contribution in [3.8, 4) is 34.0 Å². The first-order valence-electron chi connectivity index (χ1n) is 10.9. The lowest BCUT2D eigenvalue weighted by molar-refractivity contribution is -0.133. The number of aryl methyl sites for hydroxylation is 1. The second-order valence-corrected chi connectivity index (χ2v) is 8.10. The molecule has 0 unspecified atom stereocenters. The molecule has 2 heterocycles. The summed E-state index contributed by atoms with van der Waals surface area (Å²) in [6.45, 7) is 3.37. The molecule has 7 heteroatoms. The van der Waals surface area contributed by atoms with Crippen molar-refractivity contribution in [1.29, 1.82) is 0 Å². The molecule has 1 saturated heterocycles. The van der Waals surface area contributed by atoms with Gasteiger partial charge in [-0.3, -0.25) is 4.79 Å². The number of hydrogen-bond donors (Lipinski definition) is 2. The van der Waals surface area contributed by atoms with Gasteiger partial charge in [-0.15, -0.1) is 0 Å². The molecule has 1 fully saturated rings. The van der Waals surface area contributed by atoms with Crippen LogP contribution >= 0.6 is 0 Å². The van der Waals surface area contributed by atoms with E-state index < -0.39 is 5.69 Å². The monoisotopic (exact) mass is 433 g/mol. The van der Waals surface area contributed by atoms with Crippen LogP contribution in [0.15, 0.2) is 53.3 Å². The predicted octanol–water partition coefficient (Wildman–Crippen LogP) is 3.90. The number of phenols is 1. The van der Waals surface area contributed by atoms with E-state index in [9.17, 15) is 14.7 Å². The second-order valence-electron chi connectivity index (χ2n) is 8.10. The maximum Gasteiger partial charge on any atom is 0.345 e. The quantitative estimate of drug-likeness (QED) is 0.636. The van der Waals surface area contributed by atoms with E-state index in [-0.39, 0.29) is 18.3 Å². The number of benzene rings is 2. The predicted molar refractivity (Wildman–Crippen MR) is 123 cm³/mol. The van der Waals surface area contributed by atoms with Gasteiger partial charge < -0.3 is 19.7 Å². The molecule has 32 heavy (non-hydrogen) atoms. The van der Waals surface area contributed by atoms with Crippen LogP contribution in [0.2, 0.25) is 0 Å². The molecule has 0 bridgehead atoms. The Kier molecular flexibility index (Phi) is 6.54. The fraction of sp³-hybridized carbons (Fsp3) is 0.320. The number of carbonyl (C=O) groups excluding carboxylic acids is 1. The summed E-state index contributed by atoms with van der Waals surface area (Å²) in [6.07, 6.45) is 4.42. The minimum absolute atomic E-state index is 0.000364. The molecule has 1 amide bonds. The smallest absolute Gasteiger partial charge is 0.345 e. The zero-order valence-electron chi connectivity index (χ0n) is 18.1. The Morgan fingerprint density at radius 2 is 1.84 bits per heavy atom. The lowest BCUT2D eigenvalue weighted by atomic mass is 10.1. The Morgan fingerprint density at radius 1 is 1.06 bits per heavy atom. The largest absolute Gasteiger partial charge is 0.508 e. The van der Waals surface area contributed by atoms with E-state index in [2.05, 4.69) is 9.97 Å². The van der Waals surface area contributed by atoms with E-state index in [4.69, 9.17) is 4.74 Å². The average Bonchev–Trinajstić information content (AvgIpc) is 3.09. The molecule has 0 atom stereocenters. The van der Waals surface area contributed by atoms with Crippen molar-refractivity contribution >= 4 is 5.91 Å². The van der Waals surface area contributed by atoms with Crippen molar-refractivity contribution in [3.63, 3.8) is 0 Å². The van der Waals surface area contributed by atoms with E-state index >= 15 is 0 Å². The molecule has 1 aliphatic heterocycles. The first kappa shape index (κ1) is 21.6. The highest BCUT2D eigenvalue weighted by Crippen LogP contribution is 2.27. The van der Waals surface area contributed by atoms with Crippen molar-refractivity contribution in [2.45, 2.75) is 32.6 Å². The van der Waals surface area contributed by atoms with E-state index in [0.29, 0.717) is 22.7 Å². The Balaban J connectivity index is 1.52. The summed E-state index contributed by atoms with van der Waals surface area (Å²) in [5.74, 6) is 0.753. The van der Waals surface area contributed by atoms with Crippen molar-refractivity contribution < 1.29 is 14.6 Å². The van der Waals surface area contributed by atoms with Gasteiger partial charge in [-0.1, -0.05) is 25.0 Å². The number of carbonyl (C=O) groups is 1. The molecule has 0 saturated carbocycles. The molecule has 166 valence electrons. The van der Waals surface area contributed by atoms with Gasteiger partial charge in [-0.05, 0) is 61.7 Å². The Hall–Kier alpha value is -3.61. The summed E-state index contributed by atoms with van der Waals surface area (Å²) in [5.41, 5.74) is 2.83. The number of nitrogens with zero attached hydrogens (tertiary/aromatic N) is 2. The van der Waals surface area contributed by atoms with Gasteiger partial charge in [0.25, 0.3) is 5.91 Å². The first-order chi connectivity index (χ1) is 15.5. The van der Waals surface area contributed by atoms with Gasteiger partial charge in [0, 0.05) is 24.2 Å². The number of phenolic OH excluding ortho intramolecular Hbond substituents is 1. The Bertz CT molecular complexity index is 1160. The minimum Gasteiger partial charge on any atom is -0.508 e. The van der Waals surface area contributed by atoms with E-state index in [1.807, 2.05) is 17.0 Å². The topological polar surface area (TPSA) is 95.5 Å². The van der Waals surface area contributed by atoms with E-state index in [0.717, 1.165) is 37.1 Å². The van der Waals surface area contributed by atoms with Gasteiger partial charge >= 0.3 is 5.69 Å². The number of ether oxygens (including phenoxy) is 1. The normalized spacial score (nSPS) is 14.1.